The van der Waals surface area contributed by atoms with Crippen molar-refractivity contribution in [2.45, 2.75) is 38.6 Å². The first-order chi connectivity index (χ1) is 10.0. The van der Waals surface area contributed by atoms with E-state index in [9.17, 15) is 9.59 Å². The molecule has 1 saturated heterocycles. The van der Waals surface area contributed by atoms with Crippen molar-refractivity contribution in [3.05, 3.63) is 0 Å². The molecule has 2 fully saturated rings. The Bertz CT molecular complexity index is 380. The van der Waals surface area contributed by atoms with Gasteiger partial charge in [0, 0.05) is 32.1 Å². The lowest BCUT2D eigenvalue weighted by Gasteiger charge is -2.40. The van der Waals surface area contributed by atoms with Crippen LogP contribution in [0.1, 0.15) is 32.6 Å². The van der Waals surface area contributed by atoms with Gasteiger partial charge in [-0.3, -0.25) is 14.5 Å². The number of rotatable bonds is 4. The number of nitrogens with zero attached hydrogens (tertiary/aromatic N) is 2. The predicted molar refractivity (Wildman–Crippen MR) is 79.8 cm³/mol. The summed E-state index contributed by atoms with van der Waals surface area (Å²) in [5.74, 6) is -0.174. The highest BCUT2D eigenvalue weighted by molar-refractivity contribution is 5.79. The van der Waals surface area contributed by atoms with Gasteiger partial charge < -0.3 is 15.7 Å². The number of hydrogen-bond donors (Lipinski definition) is 2. The molecule has 1 aliphatic heterocycles. The topological polar surface area (TPSA) is 86.9 Å². The van der Waals surface area contributed by atoms with Crippen LogP contribution in [0.4, 0.5) is 0 Å². The quantitative estimate of drug-likeness (QED) is 0.783. The van der Waals surface area contributed by atoms with E-state index in [-0.39, 0.29) is 11.8 Å². The number of nitrogens with two attached hydrogens (primary N) is 1. The monoisotopic (exact) mass is 297 g/mol. The molecule has 1 heterocycles. The summed E-state index contributed by atoms with van der Waals surface area (Å²) in [6.07, 6.45) is 4.30. The molecule has 0 bridgehead atoms. The van der Waals surface area contributed by atoms with Crippen LogP contribution < -0.4 is 5.73 Å². The Labute approximate surface area is 126 Å². The molecular formula is C15H27N3O3. The van der Waals surface area contributed by atoms with Gasteiger partial charge in [-0.25, -0.2) is 0 Å². The fraction of sp³-hybridized carbons (Fsp3) is 0.867. The maximum Gasteiger partial charge on any atom is 0.320 e. The number of carboxylic acids is 1. The number of piperazine rings is 1. The first kappa shape index (κ1) is 16.2. The van der Waals surface area contributed by atoms with Gasteiger partial charge in [0.1, 0.15) is 6.04 Å². The molecule has 0 aromatic rings. The molecule has 0 aromatic heterocycles. The Balaban J connectivity index is 1.89. The lowest BCUT2D eigenvalue weighted by Crippen LogP contribution is -2.55. The molecule has 2 aliphatic rings. The Morgan fingerprint density at radius 1 is 1.19 bits per heavy atom. The highest BCUT2D eigenvalue weighted by atomic mass is 16.4. The van der Waals surface area contributed by atoms with Gasteiger partial charge in [-0.15, -0.1) is 0 Å². The summed E-state index contributed by atoms with van der Waals surface area (Å²) < 4.78 is 0. The molecule has 2 rings (SSSR count). The van der Waals surface area contributed by atoms with Crippen LogP contribution in [0, 0.1) is 11.8 Å². The second kappa shape index (κ2) is 7.22. The van der Waals surface area contributed by atoms with E-state index in [0.29, 0.717) is 38.6 Å². The van der Waals surface area contributed by atoms with Crippen molar-refractivity contribution in [3.63, 3.8) is 0 Å². The molecule has 0 aromatic carbocycles. The molecule has 0 radical (unpaired) electrons. The zero-order valence-corrected chi connectivity index (χ0v) is 12.8. The standard InChI is InChI=1S/C15H27N3O3/c1-11(15(20)21)17-6-8-18(9-7-17)14(19)13-5-3-2-4-12(13)10-16/h11-13H,2-10,16H2,1H3,(H,20,21). The van der Waals surface area contributed by atoms with Crippen LogP contribution in [0.25, 0.3) is 0 Å². The third-order valence-electron chi connectivity index (χ3n) is 5.06. The second-order valence-electron chi connectivity index (χ2n) is 6.26. The Hall–Kier alpha value is -1.14. The first-order valence-corrected chi connectivity index (χ1v) is 8.00. The highest BCUT2D eigenvalue weighted by Gasteiger charge is 2.35. The zero-order chi connectivity index (χ0) is 15.4. The first-order valence-electron chi connectivity index (χ1n) is 8.00. The van der Waals surface area contributed by atoms with Crippen LogP contribution in [0.15, 0.2) is 0 Å². The van der Waals surface area contributed by atoms with Crippen molar-refractivity contribution in [2.24, 2.45) is 17.6 Å². The van der Waals surface area contributed by atoms with Gasteiger partial charge in [0.2, 0.25) is 5.91 Å². The van der Waals surface area contributed by atoms with Gasteiger partial charge in [0.15, 0.2) is 0 Å². The highest BCUT2D eigenvalue weighted by Crippen LogP contribution is 2.31. The normalized spacial score (nSPS) is 29.1. The summed E-state index contributed by atoms with van der Waals surface area (Å²) >= 11 is 0. The molecule has 21 heavy (non-hydrogen) atoms. The number of amides is 1. The SMILES string of the molecule is CC(C(=O)O)N1CCN(C(=O)C2CCCCC2CN)CC1. The van der Waals surface area contributed by atoms with Gasteiger partial charge in [-0.2, -0.15) is 0 Å². The summed E-state index contributed by atoms with van der Waals surface area (Å²) in [4.78, 5) is 27.5. The smallest absolute Gasteiger partial charge is 0.320 e. The Morgan fingerprint density at radius 3 is 2.38 bits per heavy atom. The van der Waals surface area contributed by atoms with Crippen molar-refractivity contribution in [2.75, 3.05) is 32.7 Å². The second-order valence-corrected chi connectivity index (χ2v) is 6.26. The Kier molecular flexibility index (Phi) is 5.58. The van der Waals surface area contributed by atoms with E-state index in [1.165, 1.54) is 6.42 Å². The van der Waals surface area contributed by atoms with Gasteiger partial charge in [0.25, 0.3) is 0 Å². The van der Waals surface area contributed by atoms with Crippen LogP contribution in [-0.2, 0) is 9.59 Å². The molecule has 3 atom stereocenters. The van der Waals surface area contributed by atoms with E-state index in [0.717, 1.165) is 19.3 Å². The molecule has 6 heteroatoms. The van der Waals surface area contributed by atoms with Crippen LogP contribution in [0.5, 0.6) is 0 Å². The number of aliphatic carboxylic acids is 1. The fourth-order valence-electron chi connectivity index (χ4n) is 3.54. The van der Waals surface area contributed by atoms with E-state index in [1.807, 2.05) is 9.80 Å². The van der Waals surface area contributed by atoms with Gasteiger partial charge in [-0.05, 0) is 32.2 Å². The average molecular weight is 297 g/mol. The van der Waals surface area contributed by atoms with E-state index in [4.69, 9.17) is 10.8 Å². The van der Waals surface area contributed by atoms with Gasteiger partial charge >= 0.3 is 5.97 Å². The fourth-order valence-corrected chi connectivity index (χ4v) is 3.54. The zero-order valence-electron chi connectivity index (χ0n) is 12.8. The number of carboxylic acid groups (broad SMARTS) is 1. The molecule has 3 N–H and O–H groups in total. The lowest BCUT2D eigenvalue weighted by molar-refractivity contribution is -0.145. The average Bonchev–Trinajstić information content (AvgIpc) is 2.53. The summed E-state index contributed by atoms with van der Waals surface area (Å²) in [5.41, 5.74) is 5.81. The third-order valence-corrected chi connectivity index (χ3v) is 5.06. The van der Waals surface area contributed by atoms with Crippen LogP contribution in [0.3, 0.4) is 0 Å². The summed E-state index contributed by atoms with van der Waals surface area (Å²) in [7, 11) is 0. The van der Waals surface area contributed by atoms with E-state index in [1.54, 1.807) is 6.92 Å². The minimum absolute atomic E-state index is 0.0761. The molecule has 3 unspecified atom stereocenters. The number of carbonyl (C=O) groups excluding carboxylic acids is 1. The molecule has 0 spiro atoms. The molecular weight excluding hydrogens is 270 g/mol. The minimum atomic E-state index is -0.801. The summed E-state index contributed by atoms with van der Waals surface area (Å²) in [6.45, 7) is 4.82. The summed E-state index contributed by atoms with van der Waals surface area (Å²) in [6, 6.07) is -0.478. The number of carbonyl (C=O) groups is 2. The van der Waals surface area contributed by atoms with Crippen molar-refractivity contribution in [1.29, 1.82) is 0 Å². The van der Waals surface area contributed by atoms with Crippen LogP contribution in [-0.4, -0.2) is 65.5 Å². The van der Waals surface area contributed by atoms with E-state index >= 15 is 0 Å². The molecule has 1 amide bonds. The van der Waals surface area contributed by atoms with Crippen LogP contribution in [0.2, 0.25) is 0 Å². The molecule has 1 aliphatic carbocycles. The molecule has 1 saturated carbocycles. The van der Waals surface area contributed by atoms with Crippen molar-refractivity contribution < 1.29 is 14.7 Å². The Morgan fingerprint density at radius 2 is 1.81 bits per heavy atom. The largest absolute Gasteiger partial charge is 0.480 e. The van der Waals surface area contributed by atoms with Crippen molar-refractivity contribution >= 4 is 11.9 Å². The van der Waals surface area contributed by atoms with Crippen molar-refractivity contribution in [3.8, 4) is 0 Å². The predicted octanol–water partition coefficient (Wildman–Crippen LogP) is 0.369. The molecule has 6 nitrogen and oxygen atoms in total. The minimum Gasteiger partial charge on any atom is -0.480 e. The van der Waals surface area contributed by atoms with E-state index in [2.05, 4.69) is 0 Å². The maximum absolute atomic E-state index is 12.7. The summed E-state index contributed by atoms with van der Waals surface area (Å²) in [5, 5.41) is 9.04. The molecule has 120 valence electrons. The van der Waals surface area contributed by atoms with Crippen molar-refractivity contribution in [1.82, 2.24) is 9.80 Å². The van der Waals surface area contributed by atoms with Crippen LogP contribution >= 0.6 is 0 Å². The van der Waals surface area contributed by atoms with E-state index < -0.39 is 12.0 Å². The van der Waals surface area contributed by atoms with Gasteiger partial charge in [-0.1, -0.05) is 12.8 Å². The lowest BCUT2D eigenvalue weighted by atomic mass is 9.78. The van der Waals surface area contributed by atoms with Gasteiger partial charge in [0.05, 0.1) is 0 Å². The number of hydrogen-bond acceptors (Lipinski definition) is 4. The maximum atomic E-state index is 12.7. The third kappa shape index (κ3) is 3.74.